The first-order valence-corrected chi connectivity index (χ1v) is 6.70. The van der Waals surface area contributed by atoms with E-state index in [1.807, 2.05) is 37.4 Å². The number of hydrogen-bond acceptors (Lipinski definition) is 3. The number of rotatable bonds is 2. The lowest BCUT2D eigenvalue weighted by atomic mass is 9.94. The molecule has 3 rings (SSSR count). The molecule has 0 aliphatic carbocycles. The third-order valence-electron chi connectivity index (χ3n) is 4.08. The Hall–Kier alpha value is -2.07. The fraction of sp³-hybridized carbons (Fsp3) is 0.312. The molecule has 2 aromatic rings. The molecule has 1 amide bonds. The third kappa shape index (κ3) is 1.84. The van der Waals surface area contributed by atoms with Crippen molar-refractivity contribution in [3.8, 4) is 5.75 Å². The van der Waals surface area contributed by atoms with Crippen LogP contribution < -0.4 is 10.5 Å². The summed E-state index contributed by atoms with van der Waals surface area (Å²) in [5.41, 5.74) is 7.25. The Labute approximate surface area is 118 Å². The maximum atomic E-state index is 11.8. The molecule has 1 saturated heterocycles. The smallest absolute Gasteiger partial charge is 0.224 e. The van der Waals surface area contributed by atoms with Gasteiger partial charge in [-0.25, -0.2) is 0 Å². The van der Waals surface area contributed by atoms with Crippen molar-refractivity contribution in [1.29, 1.82) is 0 Å². The Morgan fingerprint density at radius 2 is 1.90 bits per heavy atom. The molecule has 0 spiro atoms. The van der Waals surface area contributed by atoms with E-state index in [0.717, 1.165) is 22.1 Å². The van der Waals surface area contributed by atoms with Crippen molar-refractivity contribution >= 4 is 16.7 Å². The fourth-order valence-electron chi connectivity index (χ4n) is 3.07. The second-order valence-corrected chi connectivity index (χ2v) is 5.22. The molecule has 1 aliphatic rings. The van der Waals surface area contributed by atoms with E-state index in [9.17, 15) is 4.79 Å². The monoisotopic (exact) mass is 270 g/mol. The van der Waals surface area contributed by atoms with Crippen molar-refractivity contribution in [3.05, 3.63) is 42.0 Å². The second kappa shape index (κ2) is 4.80. The summed E-state index contributed by atoms with van der Waals surface area (Å²) in [5.74, 6) is 0.937. The SMILES string of the molecule is COc1ccc(C2C(N)CC(=O)N2C)c2ccccc12. The Morgan fingerprint density at radius 1 is 1.20 bits per heavy atom. The standard InChI is InChI=1S/C16H18N2O2/c1-18-15(19)9-13(17)16(18)12-7-8-14(20-2)11-6-4-3-5-10(11)12/h3-8,13,16H,9,17H2,1-2H3. The normalized spacial score (nSPS) is 22.6. The Morgan fingerprint density at radius 3 is 2.50 bits per heavy atom. The highest BCUT2D eigenvalue weighted by Crippen LogP contribution is 2.37. The highest BCUT2D eigenvalue weighted by Gasteiger charge is 2.36. The average Bonchev–Trinajstić information content (AvgIpc) is 2.71. The number of amides is 1. The van der Waals surface area contributed by atoms with Crippen LogP contribution in [-0.2, 0) is 4.79 Å². The van der Waals surface area contributed by atoms with Crippen LogP contribution in [0.5, 0.6) is 5.75 Å². The summed E-state index contributed by atoms with van der Waals surface area (Å²) >= 11 is 0. The molecule has 0 bridgehead atoms. The van der Waals surface area contributed by atoms with Crippen LogP contribution in [0.4, 0.5) is 0 Å². The van der Waals surface area contributed by atoms with E-state index in [0.29, 0.717) is 6.42 Å². The minimum Gasteiger partial charge on any atom is -0.496 e. The molecule has 0 radical (unpaired) electrons. The lowest BCUT2D eigenvalue weighted by molar-refractivity contribution is -0.127. The van der Waals surface area contributed by atoms with Gasteiger partial charge in [0.1, 0.15) is 5.75 Å². The largest absolute Gasteiger partial charge is 0.496 e. The number of carbonyl (C=O) groups excluding carboxylic acids is 1. The average molecular weight is 270 g/mol. The lowest BCUT2D eigenvalue weighted by Gasteiger charge is -2.25. The quantitative estimate of drug-likeness (QED) is 0.909. The molecule has 4 heteroatoms. The molecule has 2 N–H and O–H groups in total. The van der Waals surface area contributed by atoms with Gasteiger partial charge in [0.05, 0.1) is 13.2 Å². The van der Waals surface area contributed by atoms with Crippen molar-refractivity contribution in [1.82, 2.24) is 4.90 Å². The summed E-state index contributed by atoms with van der Waals surface area (Å²) in [6.07, 6.45) is 0.404. The predicted molar refractivity (Wildman–Crippen MR) is 78.6 cm³/mol. The molecule has 1 heterocycles. The van der Waals surface area contributed by atoms with Crippen molar-refractivity contribution in [2.75, 3.05) is 14.2 Å². The first kappa shape index (κ1) is 12.9. The molecule has 2 unspecified atom stereocenters. The van der Waals surface area contributed by atoms with Gasteiger partial charge < -0.3 is 15.4 Å². The number of hydrogen-bond donors (Lipinski definition) is 1. The molecule has 2 aromatic carbocycles. The molecular weight excluding hydrogens is 252 g/mol. The topological polar surface area (TPSA) is 55.6 Å². The fourth-order valence-corrected chi connectivity index (χ4v) is 3.07. The Kier molecular flexibility index (Phi) is 3.10. The number of fused-ring (bicyclic) bond motifs is 1. The van der Waals surface area contributed by atoms with Crippen molar-refractivity contribution in [2.45, 2.75) is 18.5 Å². The zero-order valence-corrected chi connectivity index (χ0v) is 11.7. The van der Waals surface area contributed by atoms with Gasteiger partial charge in [-0.3, -0.25) is 4.79 Å². The molecular formula is C16H18N2O2. The van der Waals surface area contributed by atoms with Crippen molar-refractivity contribution < 1.29 is 9.53 Å². The zero-order chi connectivity index (χ0) is 14.3. The number of carbonyl (C=O) groups is 1. The lowest BCUT2D eigenvalue weighted by Crippen LogP contribution is -2.30. The zero-order valence-electron chi connectivity index (χ0n) is 11.7. The van der Waals surface area contributed by atoms with Gasteiger partial charge in [0.15, 0.2) is 0 Å². The maximum Gasteiger partial charge on any atom is 0.224 e. The highest BCUT2D eigenvalue weighted by molar-refractivity contribution is 5.92. The molecule has 1 aliphatic heterocycles. The predicted octanol–water partition coefficient (Wildman–Crippen LogP) is 2.08. The summed E-state index contributed by atoms with van der Waals surface area (Å²) in [4.78, 5) is 13.6. The molecule has 1 fully saturated rings. The van der Waals surface area contributed by atoms with E-state index in [2.05, 4.69) is 6.07 Å². The van der Waals surface area contributed by atoms with Gasteiger partial charge in [-0.05, 0) is 17.0 Å². The number of likely N-dealkylation sites (N-methyl/N-ethyl adjacent to an activating group) is 1. The van der Waals surface area contributed by atoms with Crippen LogP contribution in [0.2, 0.25) is 0 Å². The van der Waals surface area contributed by atoms with E-state index in [4.69, 9.17) is 10.5 Å². The molecule has 0 saturated carbocycles. The Balaban J connectivity index is 2.20. The van der Waals surface area contributed by atoms with Gasteiger partial charge in [-0.15, -0.1) is 0 Å². The minimum absolute atomic E-state index is 0.0710. The van der Waals surface area contributed by atoms with Crippen molar-refractivity contribution in [2.24, 2.45) is 5.73 Å². The maximum absolute atomic E-state index is 11.8. The molecule has 4 nitrogen and oxygen atoms in total. The van der Waals surface area contributed by atoms with Crippen LogP contribution in [0, 0.1) is 0 Å². The van der Waals surface area contributed by atoms with Crippen LogP contribution >= 0.6 is 0 Å². The number of benzene rings is 2. The first-order valence-electron chi connectivity index (χ1n) is 6.70. The number of nitrogens with zero attached hydrogens (tertiary/aromatic N) is 1. The van der Waals surface area contributed by atoms with Gasteiger partial charge in [0.2, 0.25) is 5.91 Å². The Bertz CT molecular complexity index is 669. The summed E-state index contributed by atoms with van der Waals surface area (Å²) in [6, 6.07) is 11.8. The summed E-state index contributed by atoms with van der Waals surface area (Å²) in [5, 5.41) is 2.14. The number of methoxy groups -OCH3 is 1. The summed E-state index contributed by atoms with van der Waals surface area (Å²) in [7, 11) is 3.48. The molecule has 2 atom stereocenters. The van der Waals surface area contributed by atoms with Crippen LogP contribution in [0.25, 0.3) is 10.8 Å². The number of ether oxygens (including phenoxy) is 1. The van der Waals surface area contributed by atoms with Crippen LogP contribution in [-0.4, -0.2) is 31.0 Å². The molecule has 0 aromatic heterocycles. The number of nitrogens with two attached hydrogens (primary N) is 1. The number of likely N-dealkylation sites (tertiary alicyclic amines) is 1. The van der Waals surface area contributed by atoms with Gasteiger partial charge >= 0.3 is 0 Å². The van der Waals surface area contributed by atoms with E-state index < -0.39 is 0 Å². The van der Waals surface area contributed by atoms with E-state index in [1.54, 1.807) is 12.0 Å². The van der Waals surface area contributed by atoms with E-state index in [-0.39, 0.29) is 18.0 Å². The van der Waals surface area contributed by atoms with Gasteiger partial charge in [0, 0.05) is 24.9 Å². The third-order valence-corrected chi connectivity index (χ3v) is 4.08. The van der Waals surface area contributed by atoms with Gasteiger partial charge in [-0.2, -0.15) is 0 Å². The summed E-state index contributed by atoms with van der Waals surface area (Å²) in [6.45, 7) is 0. The first-order chi connectivity index (χ1) is 9.63. The molecule has 104 valence electrons. The second-order valence-electron chi connectivity index (χ2n) is 5.22. The molecule has 20 heavy (non-hydrogen) atoms. The van der Waals surface area contributed by atoms with Crippen LogP contribution in [0.3, 0.4) is 0 Å². The van der Waals surface area contributed by atoms with Gasteiger partial charge in [0.25, 0.3) is 0 Å². The van der Waals surface area contributed by atoms with Gasteiger partial charge in [-0.1, -0.05) is 30.3 Å². The van der Waals surface area contributed by atoms with E-state index >= 15 is 0 Å². The minimum atomic E-state index is -0.163. The van der Waals surface area contributed by atoms with Crippen LogP contribution in [0.15, 0.2) is 36.4 Å². The highest BCUT2D eigenvalue weighted by atomic mass is 16.5. The van der Waals surface area contributed by atoms with E-state index in [1.165, 1.54) is 0 Å². The van der Waals surface area contributed by atoms with Crippen molar-refractivity contribution in [3.63, 3.8) is 0 Å². The van der Waals surface area contributed by atoms with Crippen LogP contribution in [0.1, 0.15) is 18.0 Å². The summed E-state index contributed by atoms with van der Waals surface area (Å²) < 4.78 is 5.41.